The molecule has 5 nitrogen and oxygen atoms in total. The van der Waals surface area contributed by atoms with Crippen LogP contribution in [0.15, 0.2) is 12.3 Å². The summed E-state index contributed by atoms with van der Waals surface area (Å²) in [6, 6.07) is 1.40. The molecule has 0 bridgehead atoms. The lowest BCUT2D eigenvalue weighted by atomic mass is 9.69. The van der Waals surface area contributed by atoms with Crippen molar-refractivity contribution in [3.63, 3.8) is 0 Å². The van der Waals surface area contributed by atoms with Gasteiger partial charge in [-0.25, -0.2) is 4.98 Å². The van der Waals surface area contributed by atoms with Gasteiger partial charge in [0.1, 0.15) is 5.15 Å². The molecule has 0 spiro atoms. The summed E-state index contributed by atoms with van der Waals surface area (Å²) in [6.07, 6.45) is 3.35. The summed E-state index contributed by atoms with van der Waals surface area (Å²) in [6.45, 7) is 0.113. The van der Waals surface area contributed by atoms with Crippen LogP contribution in [0.3, 0.4) is 0 Å². The highest BCUT2D eigenvalue weighted by atomic mass is 35.5. The van der Waals surface area contributed by atoms with E-state index in [9.17, 15) is 9.59 Å². The molecular weight excluding hydrogens is 291 g/mol. The summed E-state index contributed by atoms with van der Waals surface area (Å²) in [5.74, 6) is -1.27. The third-order valence-corrected chi connectivity index (χ3v) is 4.10. The van der Waals surface area contributed by atoms with Crippen LogP contribution < -0.4 is 5.32 Å². The minimum atomic E-state index is -0.869. The van der Waals surface area contributed by atoms with E-state index >= 15 is 0 Å². The van der Waals surface area contributed by atoms with Crippen molar-refractivity contribution in [2.45, 2.75) is 19.3 Å². The molecule has 0 radical (unpaired) electrons. The molecular formula is C12H12Cl2N2O3. The van der Waals surface area contributed by atoms with Crippen molar-refractivity contribution in [2.75, 3.05) is 6.54 Å². The van der Waals surface area contributed by atoms with Gasteiger partial charge in [0.2, 0.25) is 0 Å². The molecule has 2 N–H and O–H groups in total. The van der Waals surface area contributed by atoms with Crippen LogP contribution in [0.1, 0.15) is 29.6 Å². The van der Waals surface area contributed by atoms with E-state index in [2.05, 4.69) is 10.3 Å². The molecule has 2 rings (SSSR count). The molecule has 0 aromatic carbocycles. The standard InChI is InChI=1S/C12H12Cl2N2O3/c13-8-4-7(5-15-9(8)14)10(17)16-6-12(11(18)19)2-1-3-12/h4-5H,1-3,6H2,(H,16,17)(H,18,19). The Morgan fingerprint density at radius 3 is 2.58 bits per heavy atom. The second-order valence-corrected chi connectivity index (χ2v) is 5.38. The highest BCUT2D eigenvalue weighted by molar-refractivity contribution is 6.41. The van der Waals surface area contributed by atoms with E-state index in [0.29, 0.717) is 12.8 Å². The maximum atomic E-state index is 11.9. The van der Waals surface area contributed by atoms with Gasteiger partial charge in [0.05, 0.1) is 16.0 Å². The van der Waals surface area contributed by atoms with Gasteiger partial charge >= 0.3 is 5.97 Å². The van der Waals surface area contributed by atoms with Crippen molar-refractivity contribution in [1.82, 2.24) is 10.3 Å². The van der Waals surface area contributed by atoms with Crippen molar-refractivity contribution in [3.8, 4) is 0 Å². The Balaban J connectivity index is 2.01. The average molecular weight is 303 g/mol. The Hall–Kier alpha value is -1.33. The number of pyridine rings is 1. The predicted molar refractivity (Wildman–Crippen MR) is 70.5 cm³/mol. The summed E-state index contributed by atoms with van der Waals surface area (Å²) < 4.78 is 0. The molecule has 1 aromatic heterocycles. The van der Waals surface area contributed by atoms with Gasteiger partial charge < -0.3 is 10.4 Å². The van der Waals surface area contributed by atoms with E-state index in [1.165, 1.54) is 12.3 Å². The van der Waals surface area contributed by atoms with E-state index in [1.54, 1.807) is 0 Å². The smallest absolute Gasteiger partial charge is 0.311 e. The zero-order valence-electron chi connectivity index (χ0n) is 9.95. The predicted octanol–water partition coefficient (Wildman–Crippen LogP) is 2.37. The average Bonchev–Trinajstić information content (AvgIpc) is 2.30. The lowest BCUT2D eigenvalue weighted by molar-refractivity contribution is -0.153. The Kier molecular flexibility index (Phi) is 3.96. The first kappa shape index (κ1) is 14.1. The molecule has 1 saturated carbocycles. The molecule has 1 aromatic rings. The molecule has 7 heteroatoms. The number of nitrogens with zero attached hydrogens (tertiary/aromatic N) is 1. The monoisotopic (exact) mass is 302 g/mol. The number of carbonyl (C=O) groups excluding carboxylic acids is 1. The maximum absolute atomic E-state index is 11.9. The molecule has 1 amide bonds. The first-order valence-electron chi connectivity index (χ1n) is 5.77. The second-order valence-electron chi connectivity index (χ2n) is 4.62. The number of amides is 1. The summed E-state index contributed by atoms with van der Waals surface area (Å²) in [7, 11) is 0. The van der Waals surface area contributed by atoms with Crippen LogP contribution in [0.5, 0.6) is 0 Å². The molecule has 0 atom stereocenters. The van der Waals surface area contributed by atoms with E-state index in [0.717, 1.165) is 6.42 Å². The highest BCUT2D eigenvalue weighted by Gasteiger charge is 2.44. The number of hydrogen-bond acceptors (Lipinski definition) is 3. The van der Waals surface area contributed by atoms with Crippen LogP contribution in [0.25, 0.3) is 0 Å². The van der Waals surface area contributed by atoms with E-state index in [-0.39, 0.29) is 22.3 Å². The van der Waals surface area contributed by atoms with Crippen LogP contribution in [0.2, 0.25) is 10.2 Å². The molecule has 0 saturated heterocycles. The van der Waals surface area contributed by atoms with Gasteiger partial charge in [-0.2, -0.15) is 0 Å². The second kappa shape index (κ2) is 5.35. The van der Waals surface area contributed by atoms with Gasteiger partial charge in [-0.05, 0) is 18.9 Å². The molecule has 1 fully saturated rings. The number of rotatable bonds is 4. The third kappa shape index (κ3) is 2.82. The topological polar surface area (TPSA) is 79.3 Å². The lowest BCUT2D eigenvalue weighted by Gasteiger charge is -2.37. The number of hydrogen-bond donors (Lipinski definition) is 2. The molecule has 1 aliphatic rings. The number of aromatic nitrogens is 1. The van der Waals surface area contributed by atoms with Crippen molar-refractivity contribution < 1.29 is 14.7 Å². The van der Waals surface area contributed by atoms with Gasteiger partial charge in [0, 0.05) is 12.7 Å². The van der Waals surface area contributed by atoms with E-state index < -0.39 is 17.3 Å². The fourth-order valence-corrected chi connectivity index (χ4v) is 2.24. The zero-order valence-corrected chi connectivity index (χ0v) is 11.5. The molecule has 102 valence electrons. The van der Waals surface area contributed by atoms with Crippen LogP contribution in [-0.4, -0.2) is 28.5 Å². The molecule has 0 unspecified atom stereocenters. The highest BCUT2D eigenvalue weighted by Crippen LogP contribution is 2.40. The van der Waals surface area contributed by atoms with Crippen molar-refractivity contribution in [3.05, 3.63) is 28.0 Å². The first-order chi connectivity index (χ1) is 8.94. The number of halogens is 2. The Morgan fingerprint density at radius 2 is 2.11 bits per heavy atom. The summed E-state index contributed by atoms with van der Waals surface area (Å²) in [5, 5.41) is 12.1. The van der Waals surface area contributed by atoms with Gasteiger partial charge in [-0.15, -0.1) is 0 Å². The normalized spacial score (nSPS) is 16.5. The Labute approximate surface area is 119 Å². The van der Waals surface area contributed by atoms with Gasteiger partial charge in [-0.3, -0.25) is 9.59 Å². The Morgan fingerprint density at radius 1 is 1.42 bits per heavy atom. The van der Waals surface area contributed by atoms with E-state index in [4.69, 9.17) is 28.3 Å². The minimum Gasteiger partial charge on any atom is -0.481 e. The maximum Gasteiger partial charge on any atom is 0.311 e. The summed E-state index contributed by atoms with van der Waals surface area (Å²) in [4.78, 5) is 26.8. The van der Waals surface area contributed by atoms with Crippen LogP contribution in [0, 0.1) is 5.41 Å². The van der Waals surface area contributed by atoms with Crippen LogP contribution in [-0.2, 0) is 4.79 Å². The van der Waals surface area contributed by atoms with Crippen LogP contribution >= 0.6 is 23.2 Å². The number of carbonyl (C=O) groups is 2. The van der Waals surface area contributed by atoms with E-state index in [1.807, 2.05) is 0 Å². The van der Waals surface area contributed by atoms with Crippen molar-refractivity contribution in [2.24, 2.45) is 5.41 Å². The van der Waals surface area contributed by atoms with Crippen LogP contribution in [0.4, 0.5) is 0 Å². The zero-order chi connectivity index (χ0) is 14.0. The SMILES string of the molecule is O=C(NCC1(C(=O)O)CCC1)c1cnc(Cl)c(Cl)c1. The molecule has 0 aliphatic heterocycles. The fourth-order valence-electron chi connectivity index (χ4n) is 1.97. The quantitative estimate of drug-likeness (QED) is 0.837. The number of carboxylic acid groups (broad SMARTS) is 1. The minimum absolute atomic E-state index is 0.113. The number of aliphatic carboxylic acids is 1. The first-order valence-corrected chi connectivity index (χ1v) is 6.53. The summed E-state index contributed by atoms with van der Waals surface area (Å²) in [5.41, 5.74) is -0.562. The largest absolute Gasteiger partial charge is 0.481 e. The Bertz CT molecular complexity index is 530. The number of nitrogens with one attached hydrogen (secondary N) is 1. The molecule has 19 heavy (non-hydrogen) atoms. The lowest BCUT2D eigenvalue weighted by Crippen LogP contribution is -2.47. The van der Waals surface area contributed by atoms with Crippen molar-refractivity contribution in [1.29, 1.82) is 0 Å². The van der Waals surface area contributed by atoms with Gasteiger partial charge in [-0.1, -0.05) is 29.6 Å². The van der Waals surface area contributed by atoms with Gasteiger partial charge in [0.25, 0.3) is 5.91 Å². The van der Waals surface area contributed by atoms with Crippen molar-refractivity contribution >= 4 is 35.1 Å². The molecule has 1 heterocycles. The summed E-state index contributed by atoms with van der Waals surface area (Å²) >= 11 is 11.4. The third-order valence-electron chi connectivity index (χ3n) is 3.41. The fraction of sp³-hybridized carbons (Fsp3) is 0.417. The number of carboxylic acids is 1. The van der Waals surface area contributed by atoms with Gasteiger partial charge in [0.15, 0.2) is 0 Å². The molecule has 1 aliphatic carbocycles.